The maximum Gasteiger partial charge on any atom is 0.433 e. The average Bonchev–Trinajstić information content (AvgIpc) is 3.21. The average molecular weight is 523 g/mol. The van der Waals surface area contributed by atoms with Crippen molar-refractivity contribution in [2.75, 3.05) is 6.61 Å². The van der Waals surface area contributed by atoms with Crippen molar-refractivity contribution in [3.05, 3.63) is 82.5 Å². The maximum absolute atomic E-state index is 14.4. The van der Waals surface area contributed by atoms with Crippen molar-refractivity contribution in [2.45, 2.75) is 63.2 Å². The Hall–Kier alpha value is -2.96. The molecule has 0 amide bonds. The van der Waals surface area contributed by atoms with Crippen molar-refractivity contribution < 1.29 is 43.1 Å². The van der Waals surface area contributed by atoms with Crippen LogP contribution >= 0.6 is 0 Å². The minimum atomic E-state index is -4.79. The van der Waals surface area contributed by atoms with Crippen LogP contribution in [0.25, 0.3) is 0 Å². The topological polar surface area (TPSA) is 117 Å². The predicted molar refractivity (Wildman–Crippen MR) is 126 cm³/mol. The fourth-order valence-corrected chi connectivity index (χ4v) is 4.29. The third-order valence-electron chi connectivity index (χ3n) is 6.35. The van der Waals surface area contributed by atoms with E-state index in [-0.39, 0.29) is 18.5 Å². The zero-order valence-electron chi connectivity index (χ0n) is 20.0. The molecule has 11 heteroatoms. The summed E-state index contributed by atoms with van der Waals surface area (Å²) in [4.78, 5) is 0. The summed E-state index contributed by atoms with van der Waals surface area (Å²) >= 11 is 0. The second-order valence-corrected chi connectivity index (χ2v) is 8.94. The molecule has 0 saturated carbocycles. The Labute approximate surface area is 211 Å². The number of aliphatic hydroxyl groups excluding tert-OH is 4. The van der Waals surface area contributed by atoms with Crippen molar-refractivity contribution in [1.29, 1.82) is 0 Å². The second-order valence-electron chi connectivity index (χ2n) is 8.94. The number of aryl methyl sites for hydroxylation is 1. The van der Waals surface area contributed by atoms with Gasteiger partial charge in [0.15, 0.2) is 0 Å². The summed E-state index contributed by atoms with van der Waals surface area (Å²) < 4.78 is 55.1. The lowest BCUT2D eigenvalue weighted by Crippen LogP contribution is -2.60. The van der Waals surface area contributed by atoms with Gasteiger partial charge in [0.25, 0.3) is 0 Å². The van der Waals surface area contributed by atoms with Crippen LogP contribution in [0.5, 0.6) is 5.88 Å². The smallest absolute Gasteiger partial charge is 0.433 e. The Kier molecular flexibility index (Phi) is 8.20. The number of aliphatic hydroxyl groups is 4. The summed E-state index contributed by atoms with van der Waals surface area (Å²) in [7, 11) is 0. The molecule has 5 atom stereocenters. The molecule has 1 aliphatic rings. The summed E-state index contributed by atoms with van der Waals surface area (Å²) in [5, 5.41) is 44.1. The summed E-state index contributed by atoms with van der Waals surface area (Å²) in [6.45, 7) is 1.06. The third kappa shape index (κ3) is 5.97. The number of hydrogen-bond acceptors (Lipinski definition) is 7. The van der Waals surface area contributed by atoms with E-state index in [1.165, 1.54) is 0 Å². The molecule has 1 aliphatic heterocycles. The molecular weight excluding hydrogens is 493 g/mol. The first-order valence-electron chi connectivity index (χ1n) is 11.9. The van der Waals surface area contributed by atoms with Crippen LogP contribution in [0.15, 0.2) is 54.6 Å². The van der Waals surface area contributed by atoms with Crippen LogP contribution in [0.3, 0.4) is 0 Å². The number of rotatable bonds is 8. The van der Waals surface area contributed by atoms with E-state index in [4.69, 9.17) is 9.47 Å². The highest BCUT2D eigenvalue weighted by Gasteiger charge is 2.46. The number of ether oxygens (including phenoxy) is 2. The normalized spacial score (nSPS) is 24.3. The zero-order chi connectivity index (χ0) is 26.7. The number of aromatic nitrogens is 2. The Morgan fingerprint density at radius 1 is 0.919 bits per heavy atom. The van der Waals surface area contributed by atoms with Gasteiger partial charge in [0.2, 0.25) is 12.2 Å². The van der Waals surface area contributed by atoms with Crippen molar-refractivity contribution in [3.8, 4) is 5.88 Å². The van der Waals surface area contributed by atoms with Gasteiger partial charge in [0.05, 0.1) is 18.7 Å². The van der Waals surface area contributed by atoms with Crippen LogP contribution in [0.4, 0.5) is 13.2 Å². The first-order valence-corrected chi connectivity index (χ1v) is 11.9. The molecule has 8 nitrogen and oxygen atoms in total. The van der Waals surface area contributed by atoms with Crippen molar-refractivity contribution in [1.82, 2.24) is 9.78 Å². The van der Waals surface area contributed by atoms with E-state index in [1.807, 2.05) is 19.1 Å². The molecule has 4 N–H and O–H groups in total. The van der Waals surface area contributed by atoms with E-state index < -0.39 is 55.1 Å². The van der Waals surface area contributed by atoms with Crippen molar-refractivity contribution >= 4 is 0 Å². The van der Waals surface area contributed by atoms with Crippen LogP contribution in [-0.4, -0.2) is 67.5 Å². The van der Waals surface area contributed by atoms with E-state index >= 15 is 0 Å². The fraction of sp³-hybridized carbons (Fsp3) is 0.423. The number of halogens is 3. The molecule has 37 heavy (non-hydrogen) atoms. The van der Waals surface area contributed by atoms with Gasteiger partial charge in [-0.05, 0) is 23.1 Å². The Balaban J connectivity index is 1.77. The van der Waals surface area contributed by atoms with Gasteiger partial charge in [-0.1, -0.05) is 61.5 Å². The molecule has 1 saturated heterocycles. The minimum Gasteiger partial charge on any atom is -0.443 e. The number of nitrogens with zero attached hydrogens (tertiary/aromatic N) is 2. The molecular formula is C26H29F3N2O6. The number of benzene rings is 2. The highest BCUT2D eigenvalue weighted by atomic mass is 19.4. The Morgan fingerprint density at radius 3 is 2.16 bits per heavy atom. The first kappa shape index (κ1) is 27.1. The minimum absolute atomic E-state index is 0.180. The molecule has 2 unspecified atom stereocenters. The van der Waals surface area contributed by atoms with Crippen molar-refractivity contribution in [2.24, 2.45) is 0 Å². The third-order valence-corrected chi connectivity index (χ3v) is 6.35. The van der Waals surface area contributed by atoms with E-state index in [0.717, 1.165) is 16.7 Å². The van der Waals surface area contributed by atoms with Crippen LogP contribution in [0.2, 0.25) is 0 Å². The van der Waals surface area contributed by atoms with Gasteiger partial charge in [0.1, 0.15) is 30.1 Å². The number of alkyl halides is 3. The van der Waals surface area contributed by atoms with Gasteiger partial charge < -0.3 is 29.9 Å². The van der Waals surface area contributed by atoms with E-state index in [2.05, 4.69) is 5.10 Å². The summed E-state index contributed by atoms with van der Waals surface area (Å²) in [6.07, 6.45) is -12.4. The molecule has 4 rings (SSSR count). The van der Waals surface area contributed by atoms with Gasteiger partial charge in [-0.15, -0.1) is 5.10 Å². The van der Waals surface area contributed by atoms with Gasteiger partial charge in [0, 0.05) is 6.42 Å². The summed E-state index contributed by atoms with van der Waals surface area (Å²) in [5.74, 6) is -0.438. The monoisotopic (exact) mass is 522 g/mol. The standard InChI is InChI=1S/C26H29F3N2O6/c1-2-15-8-10-16(11-9-15)12-18-23(26(27,28)29)31(13-17-6-4-3-5-7-17)30-24(18)37-25-22(35)21(34)20(33)19(14-32)36-25/h3-11,19-22,25,32-35H,2,12-14H2,1H3/t19?,20-,21+,22-,25?/m1/s1. The lowest BCUT2D eigenvalue weighted by atomic mass is 9.99. The van der Waals surface area contributed by atoms with Crippen LogP contribution in [-0.2, 0) is 30.3 Å². The summed E-state index contributed by atoms with van der Waals surface area (Å²) in [6, 6.07) is 15.6. The largest absolute Gasteiger partial charge is 0.443 e. The molecule has 2 aromatic carbocycles. The first-order chi connectivity index (χ1) is 17.6. The SMILES string of the molecule is CCc1ccc(Cc2c(OC3OC(CO)[C@@H](O)[C@H](O)[C@H]3O)nn(Cc3ccccc3)c2C(F)(F)F)cc1. The molecule has 200 valence electrons. The second kappa shape index (κ2) is 11.2. The number of hydrogen-bond donors (Lipinski definition) is 4. The molecule has 0 radical (unpaired) electrons. The molecule has 1 aromatic heterocycles. The van der Waals surface area contributed by atoms with Crippen LogP contribution in [0.1, 0.15) is 34.9 Å². The van der Waals surface area contributed by atoms with Gasteiger partial charge >= 0.3 is 6.18 Å². The highest BCUT2D eigenvalue weighted by molar-refractivity contribution is 5.39. The fourth-order valence-electron chi connectivity index (χ4n) is 4.29. The lowest BCUT2D eigenvalue weighted by Gasteiger charge is -2.39. The zero-order valence-corrected chi connectivity index (χ0v) is 20.0. The lowest BCUT2D eigenvalue weighted by molar-refractivity contribution is -0.278. The molecule has 0 aliphatic carbocycles. The highest BCUT2D eigenvalue weighted by Crippen LogP contribution is 2.39. The maximum atomic E-state index is 14.4. The molecule has 1 fully saturated rings. The van der Waals surface area contributed by atoms with Gasteiger partial charge in [-0.25, -0.2) is 0 Å². The summed E-state index contributed by atoms with van der Waals surface area (Å²) in [5.41, 5.74) is 0.895. The quantitative estimate of drug-likeness (QED) is 0.359. The van der Waals surface area contributed by atoms with Gasteiger partial charge in [-0.3, -0.25) is 4.68 Å². The molecule has 3 aromatic rings. The van der Waals surface area contributed by atoms with Crippen molar-refractivity contribution in [3.63, 3.8) is 0 Å². The van der Waals surface area contributed by atoms with E-state index in [1.54, 1.807) is 42.5 Å². The molecule has 2 heterocycles. The Bertz CT molecular complexity index is 1170. The van der Waals surface area contributed by atoms with E-state index in [9.17, 15) is 33.6 Å². The van der Waals surface area contributed by atoms with Crippen LogP contribution in [0, 0.1) is 0 Å². The van der Waals surface area contributed by atoms with Crippen LogP contribution < -0.4 is 4.74 Å². The molecule has 0 bridgehead atoms. The molecule has 0 spiro atoms. The van der Waals surface area contributed by atoms with Gasteiger partial charge in [-0.2, -0.15) is 13.2 Å². The predicted octanol–water partition coefficient (Wildman–Crippen LogP) is 2.28. The van der Waals surface area contributed by atoms with E-state index in [0.29, 0.717) is 11.1 Å². The Morgan fingerprint density at radius 2 is 1.57 bits per heavy atom.